The molecule has 2 aliphatic rings. The average molecular weight is 446 g/mol. The Labute approximate surface area is 193 Å². The summed E-state index contributed by atoms with van der Waals surface area (Å²) in [4.78, 5) is 10.3. The Kier molecular flexibility index (Phi) is 5.34. The van der Waals surface area contributed by atoms with E-state index in [-0.39, 0.29) is 17.3 Å². The minimum atomic E-state index is -1.25. The summed E-state index contributed by atoms with van der Waals surface area (Å²) in [7, 11) is 1.64. The molecule has 7 heteroatoms. The fourth-order valence-electron chi connectivity index (χ4n) is 5.43. The van der Waals surface area contributed by atoms with Crippen LogP contribution in [0.15, 0.2) is 48.5 Å². The highest BCUT2D eigenvalue weighted by Gasteiger charge is 2.61. The monoisotopic (exact) mass is 445 g/mol. The Morgan fingerprint density at radius 3 is 2.53 bits per heavy atom. The van der Waals surface area contributed by atoms with Crippen LogP contribution < -0.4 is 4.74 Å². The van der Waals surface area contributed by atoms with E-state index in [9.17, 15) is 10.7 Å². The zero-order valence-electron chi connectivity index (χ0n) is 18.1. The Hall–Kier alpha value is -2.98. The number of imidazole rings is 1. The van der Waals surface area contributed by atoms with Crippen LogP contribution in [-0.4, -0.2) is 39.2 Å². The molecule has 0 spiro atoms. The summed E-state index contributed by atoms with van der Waals surface area (Å²) in [6.07, 6.45) is 5.56. The van der Waals surface area contributed by atoms with Crippen LogP contribution in [0.25, 0.3) is 11.0 Å². The number of para-hydroxylation sites is 2. The number of nitrogens with one attached hydrogen (secondary N) is 2. The Morgan fingerprint density at radius 2 is 1.88 bits per heavy atom. The fourth-order valence-corrected chi connectivity index (χ4v) is 6.13. The quantitative estimate of drug-likeness (QED) is 0.493. The molecule has 0 radical (unpaired) electrons. The van der Waals surface area contributed by atoms with Crippen LogP contribution in [0, 0.1) is 16.7 Å². The molecular weight excluding hydrogens is 418 g/mol. The minimum absolute atomic E-state index is 0.221. The highest BCUT2D eigenvalue weighted by molar-refractivity contribution is 7.81. The molecule has 3 aromatic rings. The maximum Gasteiger partial charge on any atom is 0.181 e. The maximum absolute atomic E-state index is 10.7. The van der Waals surface area contributed by atoms with Gasteiger partial charge < -0.3 is 14.6 Å². The first kappa shape index (κ1) is 20.9. The van der Waals surface area contributed by atoms with Gasteiger partial charge in [0.15, 0.2) is 5.41 Å². The highest BCUT2D eigenvalue weighted by Crippen LogP contribution is 2.52. The molecule has 2 aromatic carbocycles. The predicted octanol–water partition coefficient (Wildman–Crippen LogP) is 5.00. The van der Waals surface area contributed by atoms with E-state index in [4.69, 9.17) is 22.3 Å². The molecule has 1 saturated heterocycles. The zero-order chi connectivity index (χ0) is 22.3. The summed E-state index contributed by atoms with van der Waals surface area (Å²) in [6, 6.07) is 18.3. The topological polar surface area (TPSA) is 88.8 Å². The SMILES string of the molecule is COc1ccc(C2C(S)N(C3CCCCC3)C(=N)C2(C#N)c2nc3ccccc3[nH]2)cc1. The lowest BCUT2D eigenvalue weighted by Gasteiger charge is -2.36. The summed E-state index contributed by atoms with van der Waals surface area (Å²) < 4.78 is 5.34. The van der Waals surface area contributed by atoms with Crippen molar-refractivity contribution < 1.29 is 4.74 Å². The Bertz CT molecular complexity index is 1140. The smallest absolute Gasteiger partial charge is 0.181 e. The molecular formula is C25H27N5OS. The van der Waals surface area contributed by atoms with E-state index in [1.807, 2.05) is 48.5 Å². The van der Waals surface area contributed by atoms with Gasteiger partial charge in [0.2, 0.25) is 0 Å². The third kappa shape index (κ3) is 3.08. The van der Waals surface area contributed by atoms with Crippen LogP contribution >= 0.6 is 12.6 Å². The van der Waals surface area contributed by atoms with Crippen molar-refractivity contribution in [3.05, 3.63) is 59.9 Å². The van der Waals surface area contributed by atoms with Crippen LogP contribution in [0.4, 0.5) is 0 Å². The molecule has 0 bridgehead atoms. The number of methoxy groups -OCH3 is 1. The molecule has 32 heavy (non-hydrogen) atoms. The van der Waals surface area contributed by atoms with E-state index < -0.39 is 5.41 Å². The molecule has 164 valence electrons. The molecule has 1 aliphatic carbocycles. The van der Waals surface area contributed by atoms with Gasteiger partial charge in [-0.2, -0.15) is 17.9 Å². The van der Waals surface area contributed by atoms with Crippen LogP contribution in [0.3, 0.4) is 0 Å². The molecule has 0 amide bonds. The van der Waals surface area contributed by atoms with Gasteiger partial charge in [-0.3, -0.25) is 5.41 Å². The first-order chi connectivity index (χ1) is 15.6. The number of thiol groups is 1. The van der Waals surface area contributed by atoms with Crippen molar-refractivity contribution in [1.82, 2.24) is 14.9 Å². The van der Waals surface area contributed by atoms with Gasteiger partial charge in [0.1, 0.15) is 17.4 Å². The van der Waals surface area contributed by atoms with Gasteiger partial charge in [-0.25, -0.2) is 4.98 Å². The number of aromatic amines is 1. The normalized spacial score (nSPS) is 26.4. The molecule has 3 unspecified atom stereocenters. The lowest BCUT2D eigenvalue weighted by atomic mass is 9.74. The second-order valence-corrected chi connectivity index (χ2v) is 9.26. The molecule has 1 aromatic heterocycles. The number of hydrogen-bond donors (Lipinski definition) is 3. The van der Waals surface area contributed by atoms with Crippen molar-refractivity contribution >= 4 is 29.5 Å². The summed E-state index contributed by atoms with van der Waals surface area (Å²) >= 11 is 5.05. The first-order valence-corrected chi connectivity index (χ1v) is 11.7. The number of fused-ring (bicyclic) bond motifs is 1. The first-order valence-electron chi connectivity index (χ1n) is 11.2. The largest absolute Gasteiger partial charge is 0.497 e. The zero-order valence-corrected chi connectivity index (χ0v) is 19.0. The van der Waals surface area contributed by atoms with E-state index in [0.717, 1.165) is 48.0 Å². The van der Waals surface area contributed by atoms with Crippen LogP contribution in [0.2, 0.25) is 0 Å². The van der Waals surface area contributed by atoms with Crippen molar-refractivity contribution in [2.75, 3.05) is 7.11 Å². The second kappa shape index (κ2) is 8.18. The van der Waals surface area contributed by atoms with Crippen molar-refractivity contribution in [3.8, 4) is 11.8 Å². The summed E-state index contributed by atoms with van der Waals surface area (Å²) in [5.74, 6) is 1.22. The minimum Gasteiger partial charge on any atom is -0.497 e. The molecule has 1 saturated carbocycles. The van der Waals surface area contributed by atoms with Gasteiger partial charge in [0, 0.05) is 12.0 Å². The number of likely N-dealkylation sites (tertiary alicyclic amines) is 1. The molecule has 5 rings (SSSR count). The number of amidine groups is 1. The van der Waals surface area contributed by atoms with Gasteiger partial charge in [-0.05, 0) is 42.7 Å². The summed E-state index contributed by atoms with van der Waals surface area (Å²) in [5, 5.41) is 19.7. The summed E-state index contributed by atoms with van der Waals surface area (Å²) in [5.41, 5.74) is 1.36. The Morgan fingerprint density at radius 1 is 1.16 bits per heavy atom. The van der Waals surface area contributed by atoms with Crippen molar-refractivity contribution in [2.24, 2.45) is 0 Å². The van der Waals surface area contributed by atoms with Crippen molar-refractivity contribution in [1.29, 1.82) is 10.7 Å². The third-order valence-corrected chi connectivity index (χ3v) is 7.61. The van der Waals surface area contributed by atoms with Crippen molar-refractivity contribution in [2.45, 2.75) is 54.9 Å². The molecule has 2 fully saturated rings. The number of ether oxygens (including phenoxy) is 1. The number of hydrogen-bond acceptors (Lipinski definition) is 5. The van der Waals surface area contributed by atoms with Gasteiger partial charge in [-0.15, -0.1) is 0 Å². The van der Waals surface area contributed by atoms with Crippen molar-refractivity contribution in [3.63, 3.8) is 0 Å². The van der Waals surface area contributed by atoms with E-state index in [2.05, 4.69) is 16.0 Å². The maximum atomic E-state index is 10.7. The van der Waals surface area contributed by atoms with Crippen LogP contribution in [-0.2, 0) is 5.41 Å². The Balaban J connectivity index is 1.69. The number of aromatic nitrogens is 2. The van der Waals surface area contributed by atoms with Gasteiger partial charge in [0.25, 0.3) is 0 Å². The van der Waals surface area contributed by atoms with Gasteiger partial charge in [-0.1, -0.05) is 43.5 Å². The molecule has 1 aliphatic heterocycles. The highest BCUT2D eigenvalue weighted by atomic mass is 32.1. The summed E-state index contributed by atoms with van der Waals surface area (Å²) in [6.45, 7) is 0. The molecule has 2 N–H and O–H groups in total. The van der Waals surface area contributed by atoms with Gasteiger partial charge >= 0.3 is 0 Å². The number of nitrogens with zero attached hydrogens (tertiary/aromatic N) is 3. The van der Waals surface area contributed by atoms with E-state index in [0.29, 0.717) is 11.7 Å². The second-order valence-electron chi connectivity index (χ2n) is 8.73. The molecule has 3 atom stereocenters. The number of benzene rings is 2. The predicted molar refractivity (Wildman–Crippen MR) is 128 cm³/mol. The number of rotatable bonds is 4. The number of H-pyrrole nitrogens is 1. The standard InChI is InChI=1S/C25H27N5OS/c1-31-18-13-11-16(12-14-18)21-22(32)30(17-7-3-2-4-8-17)23(27)25(21,15-26)24-28-19-9-5-6-10-20(19)29-24/h5-6,9-14,17,21-22,27,32H,2-4,7-8H2,1H3,(H,28,29). The lowest BCUT2D eigenvalue weighted by molar-refractivity contribution is 0.238. The third-order valence-electron chi connectivity index (χ3n) is 7.06. The van der Waals surface area contributed by atoms with E-state index >= 15 is 0 Å². The number of nitriles is 1. The lowest BCUT2D eigenvalue weighted by Crippen LogP contribution is -2.44. The molecule has 2 heterocycles. The van der Waals surface area contributed by atoms with E-state index in [1.165, 1.54) is 6.42 Å². The molecule has 6 nitrogen and oxygen atoms in total. The fraction of sp³-hybridized carbons (Fsp3) is 0.400. The van der Waals surface area contributed by atoms with Crippen LogP contribution in [0.1, 0.15) is 49.4 Å². The van der Waals surface area contributed by atoms with Crippen LogP contribution in [0.5, 0.6) is 5.75 Å². The van der Waals surface area contributed by atoms with E-state index in [1.54, 1.807) is 7.11 Å². The van der Waals surface area contributed by atoms with Gasteiger partial charge in [0.05, 0.1) is 29.6 Å². The average Bonchev–Trinajstić information content (AvgIpc) is 3.36.